The molecule has 1 N–H and O–H groups in total. The molecule has 0 aromatic carbocycles. The summed E-state index contributed by atoms with van der Waals surface area (Å²) in [6, 6.07) is 4.78. The molecule has 2 heterocycles. The molecule has 0 aliphatic heterocycles. The highest BCUT2D eigenvalue weighted by Gasteiger charge is 2.17. The molecule has 2 unspecified atom stereocenters. The second-order valence-electron chi connectivity index (χ2n) is 4.49. The van der Waals surface area contributed by atoms with E-state index in [2.05, 4.69) is 48.6 Å². The maximum atomic E-state index is 4.53. The van der Waals surface area contributed by atoms with E-state index >= 15 is 0 Å². The van der Waals surface area contributed by atoms with Gasteiger partial charge in [0.05, 0.1) is 10.2 Å². The lowest BCUT2D eigenvalue weighted by Gasteiger charge is -2.24. The summed E-state index contributed by atoms with van der Waals surface area (Å²) in [6.45, 7) is 7.70. The molecule has 0 spiro atoms. The first-order valence-electron chi connectivity index (χ1n) is 6.32. The first-order chi connectivity index (χ1) is 8.26. The average Bonchev–Trinajstić information content (AvgIpc) is 2.82. The van der Waals surface area contributed by atoms with Gasteiger partial charge in [-0.15, -0.1) is 11.3 Å². The second kappa shape index (κ2) is 5.61. The van der Waals surface area contributed by atoms with E-state index in [1.54, 1.807) is 11.3 Å². The van der Waals surface area contributed by atoms with Crippen LogP contribution in [0.4, 0.5) is 0 Å². The molecule has 0 aliphatic carbocycles. The molecule has 0 saturated carbocycles. The highest BCUT2D eigenvalue weighted by molar-refractivity contribution is 7.17. The van der Waals surface area contributed by atoms with Gasteiger partial charge in [0, 0.05) is 12.2 Å². The first kappa shape index (κ1) is 12.5. The topological polar surface area (TPSA) is 24.9 Å². The predicted octanol–water partition coefficient (Wildman–Crippen LogP) is 3.99. The van der Waals surface area contributed by atoms with Crippen molar-refractivity contribution in [3.8, 4) is 0 Å². The zero-order valence-corrected chi connectivity index (χ0v) is 11.6. The monoisotopic (exact) mass is 248 g/mol. The van der Waals surface area contributed by atoms with Gasteiger partial charge in [-0.2, -0.15) is 0 Å². The van der Waals surface area contributed by atoms with Crippen LogP contribution in [0.25, 0.3) is 10.2 Å². The van der Waals surface area contributed by atoms with Crippen LogP contribution in [-0.2, 0) is 0 Å². The van der Waals surface area contributed by atoms with Crippen LogP contribution < -0.4 is 5.32 Å². The van der Waals surface area contributed by atoms with E-state index in [4.69, 9.17) is 0 Å². The third kappa shape index (κ3) is 2.67. The van der Waals surface area contributed by atoms with Crippen molar-refractivity contribution in [3.63, 3.8) is 0 Å². The molecule has 0 saturated heterocycles. The fourth-order valence-electron chi connectivity index (χ4n) is 2.13. The SMILES string of the molecule is CCNC(c1cnc2ccsc2c1)C(C)CC. The van der Waals surface area contributed by atoms with Gasteiger partial charge in [0.15, 0.2) is 0 Å². The maximum Gasteiger partial charge on any atom is 0.0809 e. The van der Waals surface area contributed by atoms with Gasteiger partial charge in [-0.1, -0.05) is 27.2 Å². The lowest BCUT2D eigenvalue weighted by Crippen LogP contribution is -2.26. The number of pyridine rings is 1. The molecular weight excluding hydrogens is 228 g/mol. The Morgan fingerprint density at radius 3 is 2.94 bits per heavy atom. The summed E-state index contributed by atoms with van der Waals surface area (Å²) in [5.41, 5.74) is 2.43. The maximum absolute atomic E-state index is 4.53. The Kier molecular flexibility index (Phi) is 4.13. The van der Waals surface area contributed by atoms with E-state index in [1.165, 1.54) is 16.7 Å². The summed E-state index contributed by atoms with van der Waals surface area (Å²) in [6.07, 6.45) is 3.20. The molecule has 2 atom stereocenters. The van der Waals surface area contributed by atoms with Crippen molar-refractivity contribution in [3.05, 3.63) is 29.3 Å². The molecule has 92 valence electrons. The van der Waals surface area contributed by atoms with E-state index in [0.29, 0.717) is 12.0 Å². The van der Waals surface area contributed by atoms with Gasteiger partial charge in [-0.25, -0.2) is 0 Å². The van der Waals surface area contributed by atoms with Crippen LogP contribution in [0.5, 0.6) is 0 Å². The summed E-state index contributed by atoms with van der Waals surface area (Å²) in [7, 11) is 0. The molecule has 2 aromatic heterocycles. The highest BCUT2D eigenvalue weighted by atomic mass is 32.1. The zero-order valence-electron chi connectivity index (χ0n) is 10.7. The number of hydrogen-bond acceptors (Lipinski definition) is 3. The van der Waals surface area contributed by atoms with Gasteiger partial charge in [0.2, 0.25) is 0 Å². The number of aromatic nitrogens is 1. The molecule has 2 rings (SSSR count). The third-order valence-corrected chi connectivity index (χ3v) is 4.17. The van der Waals surface area contributed by atoms with Crippen LogP contribution >= 0.6 is 11.3 Å². The molecule has 3 heteroatoms. The minimum Gasteiger partial charge on any atom is -0.310 e. The number of hydrogen-bond donors (Lipinski definition) is 1. The minimum atomic E-state index is 0.420. The minimum absolute atomic E-state index is 0.420. The fraction of sp³-hybridized carbons (Fsp3) is 0.500. The smallest absolute Gasteiger partial charge is 0.0809 e. The number of rotatable bonds is 5. The molecule has 0 aliphatic rings. The Bertz CT molecular complexity index is 478. The summed E-state index contributed by atoms with van der Waals surface area (Å²) >= 11 is 1.77. The summed E-state index contributed by atoms with van der Waals surface area (Å²) in [5.74, 6) is 0.633. The molecule has 0 amide bonds. The van der Waals surface area contributed by atoms with Crippen molar-refractivity contribution < 1.29 is 0 Å². The van der Waals surface area contributed by atoms with Crippen LogP contribution in [-0.4, -0.2) is 11.5 Å². The fourth-order valence-corrected chi connectivity index (χ4v) is 2.92. The van der Waals surface area contributed by atoms with Crippen molar-refractivity contribution in [2.24, 2.45) is 5.92 Å². The average molecular weight is 248 g/mol. The number of nitrogens with zero attached hydrogens (tertiary/aromatic N) is 1. The van der Waals surface area contributed by atoms with Crippen LogP contribution in [0.15, 0.2) is 23.7 Å². The van der Waals surface area contributed by atoms with E-state index in [1.807, 2.05) is 6.20 Å². The standard InChI is InChI=1S/C14H20N2S/c1-4-10(3)14(15-5-2)11-8-13-12(16-9-11)6-7-17-13/h6-10,14-15H,4-5H2,1-3H3. The Hall–Kier alpha value is -0.930. The molecule has 17 heavy (non-hydrogen) atoms. The lowest BCUT2D eigenvalue weighted by molar-refractivity contribution is 0.383. The Morgan fingerprint density at radius 1 is 1.41 bits per heavy atom. The van der Waals surface area contributed by atoms with Crippen LogP contribution in [0, 0.1) is 5.92 Å². The Labute approximate surface area is 107 Å². The van der Waals surface area contributed by atoms with Crippen LogP contribution in [0.3, 0.4) is 0 Å². The second-order valence-corrected chi connectivity index (χ2v) is 5.44. The van der Waals surface area contributed by atoms with Crippen molar-refractivity contribution in [2.45, 2.75) is 33.2 Å². The first-order valence-corrected chi connectivity index (χ1v) is 7.20. The van der Waals surface area contributed by atoms with Gasteiger partial charge in [-0.3, -0.25) is 4.98 Å². The van der Waals surface area contributed by atoms with Crippen molar-refractivity contribution in [1.29, 1.82) is 0 Å². The highest BCUT2D eigenvalue weighted by Crippen LogP contribution is 2.27. The largest absolute Gasteiger partial charge is 0.310 e. The lowest BCUT2D eigenvalue weighted by atomic mass is 9.93. The van der Waals surface area contributed by atoms with Gasteiger partial charge in [0.25, 0.3) is 0 Å². The predicted molar refractivity (Wildman–Crippen MR) is 75.5 cm³/mol. The van der Waals surface area contributed by atoms with Crippen molar-refractivity contribution >= 4 is 21.6 Å². The molecule has 2 nitrogen and oxygen atoms in total. The van der Waals surface area contributed by atoms with E-state index in [0.717, 1.165) is 12.1 Å². The van der Waals surface area contributed by atoms with E-state index in [-0.39, 0.29) is 0 Å². The van der Waals surface area contributed by atoms with Gasteiger partial charge < -0.3 is 5.32 Å². The van der Waals surface area contributed by atoms with E-state index in [9.17, 15) is 0 Å². The Balaban J connectivity index is 2.33. The molecule has 0 bridgehead atoms. The quantitative estimate of drug-likeness (QED) is 0.865. The molecule has 0 fully saturated rings. The van der Waals surface area contributed by atoms with Gasteiger partial charge >= 0.3 is 0 Å². The van der Waals surface area contributed by atoms with Crippen molar-refractivity contribution in [2.75, 3.05) is 6.54 Å². The number of thiophene rings is 1. The van der Waals surface area contributed by atoms with Gasteiger partial charge in [0.1, 0.15) is 0 Å². The summed E-state index contributed by atoms with van der Waals surface area (Å²) in [4.78, 5) is 4.53. The molecule has 2 aromatic rings. The van der Waals surface area contributed by atoms with Crippen LogP contribution in [0.2, 0.25) is 0 Å². The van der Waals surface area contributed by atoms with Crippen LogP contribution in [0.1, 0.15) is 38.8 Å². The van der Waals surface area contributed by atoms with E-state index < -0.39 is 0 Å². The summed E-state index contributed by atoms with van der Waals surface area (Å²) in [5, 5.41) is 5.68. The number of fused-ring (bicyclic) bond motifs is 1. The third-order valence-electron chi connectivity index (χ3n) is 3.32. The molecule has 0 radical (unpaired) electrons. The zero-order chi connectivity index (χ0) is 12.3. The Morgan fingerprint density at radius 2 is 2.24 bits per heavy atom. The van der Waals surface area contributed by atoms with Gasteiger partial charge in [-0.05, 0) is 35.5 Å². The summed E-state index contributed by atoms with van der Waals surface area (Å²) < 4.78 is 1.29. The number of nitrogens with one attached hydrogen (secondary N) is 1. The molecular formula is C14H20N2S. The normalized spacial score (nSPS) is 15.0. The van der Waals surface area contributed by atoms with Crippen molar-refractivity contribution in [1.82, 2.24) is 10.3 Å².